The molecule has 1 aromatic rings. The molecule has 5 heteroatoms. The first-order chi connectivity index (χ1) is 7.27. The Bertz CT molecular complexity index is 277. The van der Waals surface area contributed by atoms with Gasteiger partial charge >= 0.3 is 0 Å². The SMILES string of the molecule is CCC(C)c1nnc(CNCCOC)s1. The summed E-state index contributed by atoms with van der Waals surface area (Å²) in [5, 5.41) is 13.8. The third-order valence-corrected chi connectivity index (χ3v) is 3.43. The third-order valence-electron chi connectivity index (χ3n) is 2.28. The Labute approximate surface area is 95.1 Å². The van der Waals surface area contributed by atoms with E-state index in [1.165, 1.54) is 0 Å². The van der Waals surface area contributed by atoms with E-state index in [1.807, 2.05) is 0 Å². The van der Waals surface area contributed by atoms with Gasteiger partial charge in [-0.2, -0.15) is 0 Å². The predicted octanol–water partition coefficient (Wildman–Crippen LogP) is 1.79. The van der Waals surface area contributed by atoms with Crippen LogP contribution in [-0.2, 0) is 11.3 Å². The maximum Gasteiger partial charge on any atom is 0.131 e. The normalized spacial score (nSPS) is 13.0. The van der Waals surface area contributed by atoms with Crippen molar-refractivity contribution in [3.05, 3.63) is 10.0 Å². The van der Waals surface area contributed by atoms with E-state index in [-0.39, 0.29) is 0 Å². The first-order valence-corrected chi connectivity index (χ1v) is 6.11. The number of nitrogens with one attached hydrogen (secondary N) is 1. The van der Waals surface area contributed by atoms with Crippen molar-refractivity contribution in [2.75, 3.05) is 20.3 Å². The van der Waals surface area contributed by atoms with E-state index >= 15 is 0 Å². The van der Waals surface area contributed by atoms with Gasteiger partial charge in [0.1, 0.15) is 10.0 Å². The largest absolute Gasteiger partial charge is 0.383 e. The number of hydrogen-bond donors (Lipinski definition) is 1. The molecule has 86 valence electrons. The average molecular weight is 229 g/mol. The highest BCUT2D eigenvalue weighted by Crippen LogP contribution is 2.21. The van der Waals surface area contributed by atoms with Crippen molar-refractivity contribution in [3.8, 4) is 0 Å². The van der Waals surface area contributed by atoms with E-state index in [1.54, 1.807) is 18.4 Å². The van der Waals surface area contributed by atoms with Gasteiger partial charge in [-0.25, -0.2) is 0 Å². The highest BCUT2D eigenvalue weighted by molar-refractivity contribution is 7.11. The molecule has 0 saturated heterocycles. The lowest BCUT2D eigenvalue weighted by molar-refractivity contribution is 0.199. The zero-order valence-corrected chi connectivity index (χ0v) is 10.4. The van der Waals surface area contributed by atoms with Crippen molar-refractivity contribution in [3.63, 3.8) is 0 Å². The van der Waals surface area contributed by atoms with Crippen LogP contribution in [0.5, 0.6) is 0 Å². The van der Waals surface area contributed by atoms with Gasteiger partial charge in [-0.3, -0.25) is 0 Å². The molecule has 1 N–H and O–H groups in total. The Hall–Kier alpha value is -0.520. The van der Waals surface area contributed by atoms with Gasteiger partial charge < -0.3 is 10.1 Å². The molecule has 1 unspecified atom stereocenters. The van der Waals surface area contributed by atoms with Gasteiger partial charge in [0.15, 0.2) is 0 Å². The zero-order chi connectivity index (χ0) is 11.1. The summed E-state index contributed by atoms with van der Waals surface area (Å²) in [5.41, 5.74) is 0. The molecule has 0 aliphatic carbocycles. The smallest absolute Gasteiger partial charge is 0.131 e. The van der Waals surface area contributed by atoms with Crippen molar-refractivity contribution >= 4 is 11.3 Å². The fourth-order valence-corrected chi connectivity index (χ4v) is 2.03. The molecular formula is C10H19N3OS. The Morgan fingerprint density at radius 1 is 1.47 bits per heavy atom. The van der Waals surface area contributed by atoms with Crippen molar-refractivity contribution in [2.45, 2.75) is 32.7 Å². The highest BCUT2D eigenvalue weighted by atomic mass is 32.1. The van der Waals surface area contributed by atoms with Crippen LogP contribution in [-0.4, -0.2) is 30.5 Å². The van der Waals surface area contributed by atoms with Gasteiger partial charge in [-0.05, 0) is 6.42 Å². The molecule has 1 heterocycles. The van der Waals surface area contributed by atoms with Crippen LogP contribution in [0.3, 0.4) is 0 Å². The molecule has 1 rings (SSSR count). The molecule has 4 nitrogen and oxygen atoms in total. The van der Waals surface area contributed by atoms with Gasteiger partial charge in [0.05, 0.1) is 6.61 Å². The molecule has 15 heavy (non-hydrogen) atoms. The summed E-state index contributed by atoms with van der Waals surface area (Å²) in [5.74, 6) is 0.523. The first kappa shape index (κ1) is 12.5. The molecule has 1 atom stereocenters. The van der Waals surface area contributed by atoms with Crippen molar-refractivity contribution in [1.82, 2.24) is 15.5 Å². The molecule has 1 aromatic heterocycles. The Morgan fingerprint density at radius 2 is 2.27 bits per heavy atom. The summed E-state index contributed by atoms with van der Waals surface area (Å²) in [4.78, 5) is 0. The quantitative estimate of drug-likeness (QED) is 0.724. The maximum absolute atomic E-state index is 4.95. The second-order valence-electron chi connectivity index (χ2n) is 3.51. The van der Waals surface area contributed by atoms with Gasteiger partial charge in [-0.1, -0.05) is 25.2 Å². The molecule has 0 saturated carbocycles. The van der Waals surface area contributed by atoms with Crippen LogP contribution in [0.4, 0.5) is 0 Å². The third kappa shape index (κ3) is 4.24. The van der Waals surface area contributed by atoms with Crippen LogP contribution in [0, 0.1) is 0 Å². The fraction of sp³-hybridized carbons (Fsp3) is 0.800. The van der Waals surface area contributed by atoms with Crippen molar-refractivity contribution in [1.29, 1.82) is 0 Å². The highest BCUT2D eigenvalue weighted by Gasteiger charge is 2.09. The van der Waals surface area contributed by atoms with E-state index in [0.717, 1.165) is 36.1 Å². The second-order valence-corrected chi connectivity index (χ2v) is 4.61. The number of methoxy groups -OCH3 is 1. The standard InChI is InChI=1S/C10H19N3OS/c1-4-8(2)10-13-12-9(15-10)7-11-5-6-14-3/h8,11H,4-7H2,1-3H3. The molecule has 0 fully saturated rings. The minimum Gasteiger partial charge on any atom is -0.383 e. The summed E-state index contributed by atoms with van der Waals surface area (Å²) in [6.45, 7) is 6.73. The van der Waals surface area contributed by atoms with E-state index < -0.39 is 0 Å². The van der Waals surface area contributed by atoms with Crippen LogP contribution in [0.2, 0.25) is 0 Å². The Morgan fingerprint density at radius 3 is 2.93 bits per heavy atom. The van der Waals surface area contributed by atoms with Crippen molar-refractivity contribution < 1.29 is 4.74 Å². The molecule has 0 spiro atoms. The fourth-order valence-electron chi connectivity index (χ4n) is 1.08. The number of hydrogen-bond acceptors (Lipinski definition) is 5. The lowest BCUT2D eigenvalue weighted by Gasteiger charge is -2.01. The number of nitrogens with zero attached hydrogens (tertiary/aromatic N) is 2. The van der Waals surface area contributed by atoms with Crippen LogP contribution in [0.25, 0.3) is 0 Å². The molecule has 0 aliphatic rings. The molecular weight excluding hydrogens is 210 g/mol. The number of rotatable bonds is 7. The topological polar surface area (TPSA) is 47.0 Å². The van der Waals surface area contributed by atoms with Crippen LogP contribution < -0.4 is 5.32 Å². The first-order valence-electron chi connectivity index (χ1n) is 5.29. The lowest BCUT2D eigenvalue weighted by Crippen LogP contribution is -2.18. The summed E-state index contributed by atoms with van der Waals surface area (Å²) in [7, 11) is 1.70. The van der Waals surface area contributed by atoms with E-state index in [9.17, 15) is 0 Å². The van der Waals surface area contributed by atoms with E-state index in [4.69, 9.17) is 4.74 Å². The number of ether oxygens (including phenoxy) is 1. The lowest BCUT2D eigenvalue weighted by atomic mass is 10.1. The van der Waals surface area contributed by atoms with E-state index in [2.05, 4.69) is 29.4 Å². The monoisotopic (exact) mass is 229 g/mol. The minimum absolute atomic E-state index is 0.523. The van der Waals surface area contributed by atoms with Crippen LogP contribution in [0.1, 0.15) is 36.2 Å². The zero-order valence-electron chi connectivity index (χ0n) is 9.62. The molecule has 0 aliphatic heterocycles. The summed E-state index contributed by atoms with van der Waals surface area (Å²) < 4.78 is 4.95. The minimum atomic E-state index is 0.523. The number of aromatic nitrogens is 2. The molecule has 0 radical (unpaired) electrons. The summed E-state index contributed by atoms with van der Waals surface area (Å²) in [6, 6.07) is 0. The van der Waals surface area contributed by atoms with Crippen molar-refractivity contribution in [2.24, 2.45) is 0 Å². The Balaban J connectivity index is 2.33. The molecule has 0 amide bonds. The predicted molar refractivity (Wildman–Crippen MR) is 62.2 cm³/mol. The summed E-state index contributed by atoms with van der Waals surface area (Å²) in [6.07, 6.45) is 1.12. The molecule has 0 bridgehead atoms. The summed E-state index contributed by atoms with van der Waals surface area (Å²) >= 11 is 1.70. The molecule has 0 aromatic carbocycles. The van der Waals surface area contributed by atoms with Gasteiger partial charge in [0.2, 0.25) is 0 Å². The van der Waals surface area contributed by atoms with Gasteiger partial charge in [0.25, 0.3) is 0 Å². The van der Waals surface area contributed by atoms with Crippen LogP contribution in [0.15, 0.2) is 0 Å². The second kappa shape index (κ2) is 6.87. The average Bonchev–Trinajstić information content (AvgIpc) is 2.72. The maximum atomic E-state index is 4.95. The Kier molecular flexibility index (Phi) is 5.75. The van der Waals surface area contributed by atoms with Gasteiger partial charge in [-0.15, -0.1) is 10.2 Å². The van der Waals surface area contributed by atoms with Gasteiger partial charge in [0, 0.05) is 26.1 Å². The van der Waals surface area contributed by atoms with Crippen LogP contribution >= 0.6 is 11.3 Å². The van der Waals surface area contributed by atoms with E-state index in [0.29, 0.717) is 5.92 Å².